The van der Waals surface area contributed by atoms with Crippen LogP contribution in [0.3, 0.4) is 0 Å². The average Bonchev–Trinajstić information content (AvgIpc) is 2.37. The van der Waals surface area contributed by atoms with Crippen molar-refractivity contribution in [3.05, 3.63) is 29.3 Å². The third-order valence-corrected chi connectivity index (χ3v) is 4.32. The van der Waals surface area contributed by atoms with E-state index in [4.69, 9.17) is 17.0 Å². The van der Waals surface area contributed by atoms with E-state index in [0.29, 0.717) is 5.11 Å². The molecule has 0 saturated carbocycles. The highest BCUT2D eigenvalue weighted by Gasteiger charge is 2.55. The Labute approximate surface area is 129 Å². The van der Waals surface area contributed by atoms with Crippen molar-refractivity contribution in [2.45, 2.75) is 25.6 Å². The summed E-state index contributed by atoms with van der Waals surface area (Å²) < 4.78 is 6.11. The molecule has 0 spiro atoms. The molecule has 2 aliphatic heterocycles. The second-order valence-corrected chi connectivity index (χ2v) is 6.45. The van der Waals surface area contributed by atoms with Crippen molar-refractivity contribution >= 4 is 23.2 Å². The number of benzene rings is 1. The maximum Gasteiger partial charge on any atom is 0.233 e. The van der Waals surface area contributed by atoms with Crippen LogP contribution in [0, 0.1) is 12.8 Å². The summed E-state index contributed by atoms with van der Waals surface area (Å²) in [6.07, 6.45) is 0. The van der Waals surface area contributed by atoms with E-state index in [9.17, 15) is 4.79 Å². The summed E-state index contributed by atoms with van der Waals surface area (Å²) in [4.78, 5) is 14.2. The van der Waals surface area contributed by atoms with E-state index in [1.54, 1.807) is 19.0 Å². The average molecular weight is 305 g/mol. The van der Waals surface area contributed by atoms with E-state index in [0.717, 1.165) is 16.9 Å². The summed E-state index contributed by atoms with van der Waals surface area (Å²) in [7, 11) is 3.51. The number of thiocarbonyl (C=S) groups is 1. The lowest BCUT2D eigenvalue weighted by Gasteiger charge is -2.51. The molecular weight excluding hydrogens is 286 g/mol. The van der Waals surface area contributed by atoms with Gasteiger partial charge in [0, 0.05) is 19.7 Å². The Morgan fingerprint density at radius 1 is 1.43 bits per heavy atom. The van der Waals surface area contributed by atoms with Gasteiger partial charge in [0.25, 0.3) is 0 Å². The fraction of sp³-hybridized carbons (Fsp3) is 0.467. The molecule has 21 heavy (non-hydrogen) atoms. The van der Waals surface area contributed by atoms with Crippen molar-refractivity contribution in [3.63, 3.8) is 0 Å². The number of amides is 1. The van der Waals surface area contributed by atoms with Crippen molar-refractivity contribution in [1.82, 2.24) is 15.5 Å². The molecule has 3 atom stereocenters. The topological polar surface area (TPSA) is 53.6 Å². The number of hydrogen-bond acceptors (Lipinski definition) is 3. The third kappa shape index (κ3) is 2.14. The van der Waals surface area contributed by atoms with Gasteiger partial charge in [0.15, 0.2) is 10.8 Å². The van der Waals surface area contributed by atoms with E-state index in [-0.39, 0.29) is 17.9 Å². The molecule has 5 nitrogen and oxygen atoms in total. The monoisotopic (exact) mass is 305 g/mol. The van der Waals surface area contributed by atoms with E-state index < -0.39 is 5.72 Å². The molecule has 3 unspecified atom stereocenters. The summed E-state index contributed by atoms with van der Waals surface area (Å²) in [5.41, 5.74) is 1.27. The maximum atomic E-state index is 12.6. The van der Waals surface area contributed by atoms with Crippen molar-refractivity contribution in [3.8, 4) is 5.75 Å². The van der Waals surface area contributed by atoms with Crippen molar-refractivity contribution in [2.75, 3.05) is 14.1 Å². The number of fused-ring (bicyclic) bond motifs is 4. The highest BCUT2D eigenvalue weighted by Crippen LogP contribution is 2.45. The summed E-state index contributed by atoms with van der Waals surface area (Å²) >= 11 is 5.27. The van der Waals surface area contributed by atoms with E-state index in [1.807, 2.05) is 26.0 Å². The number of hydrogen-bond donors (Lipinski definition) is 2. The Bertz CT molecular complexity index is 631. The predicted molar refractivity (Wildman–Crippen MR) is 84.0 cm³/mol. The third-order valence-electron chi connectivity index (χ3n) is 4.10. The van der Waals surface area contributed by atoms with Crippen LogP contribution >= 0.6 is 12.2 Å². The van der Waals surface area contributed by atoms with Crippen LogP contribution < -0.4 is 15.4 Å². The fourth-order valence-corrected chi connectivity index (χ4v) is 3.45. The molecule has 2 heterocycles. The molecular formula is C15H19N3O2S. The Balaban J connectivity index is 2.15. The van der Waals surface area contributed by atoms with Gasteiger partial charge in [-0.05, 0) is 32.1 Å². The number of carbonyl (C=O) groups excluding carboxylic acids is 1. The molecule has 0 aromatic heterocycles. The summed E-state index contributed by atoms with van der Waals surface area (Å²) in [5.74, 6) is 0.420. The summed E-state index contributed by atoms with van der Waals surface area (Å²) in [6.45, 7) is 3.90. The van der Waals surface area contributed by atoms with E-state index in [1.165, 1.54) is 0 Å². The van der Waals surface area contributed by atoms with Crippen LogP contribution in [0.15, 0.2) is 18.2 Å². The molecule has 0 radical (unpaired) electrons. The molecule has 1 aromatic rings. The first-order valence-corrected chi connectivity index (χ1v) is 7.32. The summed E-state index contributed by atoms with van der Waals surface area (Å²) in [5, 5.41) is 6.86. The van der Waals surface area contributed by atoms with Crippen LogP contribution in [0.25, 0.3) is 0 Å². The van der Waals surface area contributed by atoms with Gasteiger partial charge >= 0.3 is 0 Å². The van der Waals surface area contributed by atoms with Gasteiger partial charge in [0.05, 0.1) is 6.04 Å². The minimum Gasteiger partial charge on any atom is -0.467 e. The molecule has 2 bridgehead atoms. The second-order valence-electron chi connectivity index (χ2n) is 6.04. The first-order valence-electron chi connectivity index (χ1n) is 6.91. The molecule has 2 aliphatic rings. The second kappa shape index (κ2) is 4.59. The van der Waals surface area contributed by atoms with Crippen LogP contribution in [-0.4, -0.2) is 35.7 Å². The lowest BCUT2D eigenvalue weighted by molar-refractivity contribution is -0.146. The number of aryl methyl sites for hydroxylation is 1. The van der Waals surface area contributed by atoms with Gasteiger partial charge in [-0.1, -0.05) is 17.7 Å². The van der Waals surface area contributed by atoms with Crippen molar-refractivity contribution < 1.29 is 9.53 Å². The summed E-state index contributed by atoms with van der Waals surface area (Å²) in [6, 6.07) is 5.83. The largest absolute Gasteiger partial charge is 0.467 e. The molecule has 0 aliphatic carbocycles. The lowest BCUT2D eigenvalue weighted by Crippen LogP contribution is -2.70. The Hall–Kier alpha value is -1.82. The smallest absolute Gasteiger partial charge is 0.233 e. The van der Waals surface area contributed by atoms with E-state index in [2.05, 4.69) is 16.7 Å². The highest BCUT2D eigenvalue weighted by atomic mass is 32.1. The van der Waals surface area contributed by atoms with Gasteiger partial charge in [-0.25, -0.2) is 0 Å². The Morgan fingerprint density at radius 2 is 2.14 bits per heavy atom. The van der Waals surface area contributed by atoms with Crippen LogP contribution in [0.2, 0.25) is 0 Å². The molecule has 2 N–H and O–H groups in total. The molecule has 112 valence electrons. The van der Waals surface area contributed by atoms with Crippen LogP contribution in [0.4, 0.5) is 0 Å². The zero-order valence-corrected chi connectivity index (χ0v) is 13.4. The molecule has 1 amide bonds. The van der Waals surface area contributed by atoms with Gasteiger partial charge in [0.1, 0.15) is 11.7 Å². The van der Waals surface area contributed by atoms with Gasteiger partial charge in [-0.3, -0.25) is 4.79 Å². The number of nitrogens with one attached hydrogen (secondary N) is 2. The number of ether oxygens (including phenoxy) is 1. The molecule has 1 saturated heterocycles. The Kier molecular flexibility index (Phi) is 3.09. The SMILES string of the molecule is Cc1ccc2c(c1)C1NC(=S)NC(C)(O2)C1C(=O)N(C)C. The van der Waals surface area contributed by atoms with Gasteiger partial charge in [-0.15, -0.1) is 0 Å². The van der Waals surface area contributed by atoms with E-state index >= 15 is 0 Å². The number of nitrogens with zero attached hydrogens (tertiary/aromatic N) is 1. The standard InChI is InChI=1S/C15H19N3O2S/c1-8-5-6-10-9(7-8)12-11(13(19)18(3)4)15(2,20-10)17-14(21)16-12/h5-7,11-12H,1-4H3,(H2,16,17,21). The minimum absolute atomic E-state index is 0.0113. The lowest BCUT2D eigenvalue weighted by atomic mass is 9.79. The van der Waals surface area contributed by atoms with Gasteiger partial charge in [-0.2, -0.15) is 0 Å². The minimum atomic E-state index is -0.837. The Morgan fingerprint density at radius 3 is 2.81 bits per heavy atom. The van der Waals surface area contributed by atoms with Crippen LogP contribution in [0.1, 0.15) is 24.1 Å². The number of carbonyl (C=O) groups is 1. The van der Waals surface area contributed by atoms with Crippen molar-refractivity contribution in [2.24, 2.45) is 5.92 Å². The first kappa shape index (κ1) is 14.1. The van der Waals surface area contributed by atoms with Crippen LogP contribution in [-0.2, 0) is 4.79 Å². The number of rotatable bonds is 1. The first-order chi connectivity index (χ1) is 9.82. The zero-order chi connectivity index (χ0) is 15.4. The highest BCUT2D eigenvalue weighted by molar-refractivity contribution is 7.80. The fourth-order valence-electron chi connectivity index (χ4n) is 3.12. The van der Waals surface area contributed by atoms with Gasteiger partial charge < -0.3 is 20.3 Å². The molecule has 3 rings (SSSR count). The predicted octanol–water partition coefficient (Wildman–Crippen LogP) is 1.33. The molecule has 1 aromatic carbocycles. The quantitative estimate of drug-likeness (QED) is 0.767. The molecule has 6 heteroatoms. The maximum absolute atomic E-state index is 12.6. The zero-order valence-electron chi connectivity index (χ0n) is 12.6. The van der Waals surface area contributed by atoms with Gasteiger partial charge in [0.2, 0.25) is 5.91 Å². The normalized spacial score (nSPS) is 29.6. The van der Waals surface area contributed by atoms with Crippen molar-refractivity contribution in [1.29, 1.82) is 0 Å². The molecule has 1 fully saturated rings. The van der Waals surface area contributed by atoms with Crippen LogP contribution in [0.5, 0.6) is 5.75 Å².